The van der Waals surface area contributed by atoms with Crippen molar-refractivity contribution < 1.29 is 14.3 Å². The number of hydrogen-bond acceptors (Lipinski definition) is 3. The van der Waals surface area contributed by atoms with Crippen LogP contribution in [-0.4, -0.2) is 18.5 Å². The van der Waals surface area contributed by atoms with Crippen LogP contribution in [0.4, 0.5) is 4.79 Å². The zero-order chi connectivity index (χ0) is 17.6. The Labute approximate surface area is 144 Å². The molecule has 0 saturated carbocycles. The molecule has 0 aliphatic carbocycles. The number of rotatable bonds is 9. The van der Waals surface area contributed by atoms with Gasteiger partial charge in [0, 0.05) is 0 Å². The van der Waals surface area contributed by atoms with Gasteiger partial charge in [-0.3, -0.25) is 10.1 Å². The monoisotopic (exact) mass is 332 g/mol. The molecule has 0 bridgehead atoms. The van der Waals surface area contributed by atoms with Gasteiger partial charge in [-0.15, -0.1) is 0 Å². The molecular weight excluding hydrogens is 304 g/mol. The number of unbranched alkanes of at least 4 members (excludes halogenated alkanes) is 3. The van der Waals surface area contributed by atoms with E-state index in [9.17, 15) is 9.59 Å². The molecule has 1 aromatic carbocycles. The minimum Gasteiger partial charge on any atom is -0.494 e. The Morgan fingerprint density at radius 2 is 1.71 bits per heavy atom. The first-order valence-corrected chi connectivity index (χ1v) is 8.79. The van der Waals surface area contributed by atoms with Crippen molar-refractivity contribution in [3.8, 4) is 5.75 Å². The summed E-state index contributed by atoms with van der Waals surface area (Å²) in [7, 11) is 0. The second-order valence-corrected chi connectivity index (χ2v) is 7.00. The summed E-state index contributed by atoms with van der Waals surface area (Å²) >= 11 is 0. The summed E-state index contributed by atoms with van der Waals surface area (Å²) in [5, 5.41) is 4.92. The molecule has 1 atom stereocenters. The Hall–Kier alpha value is -2.04. The van der Waals surface area contributed by atoms with Gasteiger partial charge in [0.05, 0.1) is 6.61 Å². The molecule has 1 fully saturated rings. The van der Waals surface area contributed by atoms with Crippen molar-refractivity contribution in [3.63, 3.8) is 0 Å². The highest BCUT2D eigenvalue weighted by Gasteiger charge is 2.43. The van der Waals surface area contributed by atoms with Crippen molar-refractivity contribution in [2.75, 3.05) is 6.61 Å². The standard InChI is InChI=1S/C19H28N2O3/c1-14(2)8-6-4-5-7-13-24-16-11-9-15(10-12-16)19(3)17(22)20-18(23)21-19/h9-12,14H,4-8,13H2,1-3H3,(H2,20,21,22,23)/t19-/m0/s1. The summed E-state index contributed by atoms with van der Waals surface area (Å²) in [6.45, 7) is 6.91. The second kappa shape index (κ2) is 8.18. The van der Waals surface area contributed by atoms with E-state index in [1.165, 1.54) is 25.7 Å². The van der Waals surface area contributed by atoms with Crippen LogP contribution in [0.5, 0.6) is 5.75 Å². The third-order valence-electron chi connectivity index (χ3n) is 4.42. The minimum atomic E-state index is -1.01. The quantitative estimate of drug-likeness (QED) is 0.535. The number of carbonyl (C=O) groups excluding carboxylic acids is 2. The Kier molecular flexibility index (Phi) is 6.23. The summed E-state index contributed by atoms with van der Waals surface area (Å²) in [4.78, 5) is 23.2. The van der Waals surface area contributed by atoms with Crippen LogP contribution in [0.15, 0.2) is 24.3 Å². The van der Waals surface area contributed by atoms with Gasteiger partial charge in [0.25, 0.3) is 5.91 Å². The second-order valence-electron chi connectivity index (χ2n) is 7.00. The number of ether oxygens (including phenoxy) is 1. The van der Waals surface area contributed by atoms with E-state index < -0.39 is 11.6 Å². The van der Waals surface area contributed by atoms with Gasteiger partial charge in [0.15, 0.2) is 0 Å². The lowest BCUT2D eigenvalue weighted by molar-refractivity contribution is -0.123. The van der Waals surface area contributed by atoms with Crippen LogP contribution in [0.2, 0.25) is 0 Å². The molecule has 5 heteroatoms. The molecule has 2 rings (SSSR count). The van der Waals surface area contributed by atoms with E-state index in [2.05, 4.69) is 24.5 Å². The van der Waals surface area contributed by atoms with Gasteiger partial charge >= 0.3 is 6.03 Å². The van der Waals surface area contributed by atoms with E-state index in [0.717, 1.165) is 23.7 Å². The smallest absolute Gasteiger partial charge is 0.322 e. The maximum absolute atomic E-state index is 11.9. The first-order chi connectivity index (χ1) is 11.4. The first kappa shape index (κ1) is 18.3. The van der Waals surface area contributed by atoms with Gasteiger partial charge in [0.1, 0.15) is 11.3 Å². The summed E-state index contributed by atoms with van der Waals surface area (Å²) in [5.41, 5.74) is -0.265. The SMILES string of the molecule is CC(C)CCCCCCOc1ccc([C@]2(C)NC(=O)NC2=O)cc1. The highest BCUT2D eigenvalue weighted by molar-refractivity contribution is 6.07. The number of hydrogen-bond donors (Lipinski definition) is 2. The van der Waals surface area contributed by atoms with Crippen molar-refractivity contribution in [2.24, 2.45) is 5.92 Å². The zero-order valence-electron chi connectivity index (χ0n) is 14.9. The number of benzene rings is 1. The molecule has 1 aliphatic heterocycles. The van der Waals surface area contributed by atoms with Gasteiger partial charge in [0.2, 0.25) is 0 Å². The molecule has 1 aliphatic rings. The van der Waals surface area contributed by atoms with Gasteiger partial charge < -0.3 is 10.1 Å². The van der Waals surface area contributed by atoms with E-state index >= 15 is 0 Å². The van der Waals surface area contributed by atoms with Gasteiger partial charge in [-0.1, -0.05) is 51.7 Å². The molecule has 2 N–H and O–H groups in total. The van der Waals surface area contributed by atoms with Crippen LogP contribution >= 0.6 is 0 Å². The lowest BCUT2D eigenvalue weighted by Gasteiger charge is -2.21. The molecule has 132 valence electrons. The largest absolute Gasteiger partial charge is 0.494 e. The summed E-state index contributed by atoms with van der Waals surface area (Å²) in [6.07, 6.45) is 6.09. The molecule has 0 unspecified atom stereocenters. The van der Waals surface area contributed by atoms with Crippen LogP contribution in [0.25, 0.3) is 0 Å². The topological polar surface area (TPSA) is 67.4 Å². The Morgan fingerprint density at radius 3 is 2.29 bits per heavy atom. The lowest BCUT2D eigenvalue weighted by Crippen LogP contribution is -2.40. The maximum Gasteiger partial charge on any atom is 0.322 e. The molecular formula is C19H28N2O3. The molecule has 1 heterocycles. The fourth-order valence-electron chi connectivity index (χ4n) is 2.83. The van der Waals surface area contributed by atoms with Crippen molar-refractivity contribution in [1.82, 2.24) is 10.6 Å². The fraction of sp³-hybridized carbons (Fsp3) is 0.579. The molecule has 0 aromatic heterocycles. The third kappa shape index (κ3) is 4.73. The van der Waals surface area contributed by atoms with Gasteiger partial charge in [-0.05, 0) is 37.0 Å². The molecule has 5 nitrogen and oxygen atoms in total. The highest BCUT2D eigenvalue weighted by Crippen LogP contribution is 2.26. The Bertz CT molecular complexity index is 568. The average molecular weight is 332 g/mol. The summed E-state index contributed by atoms with van der Waals surface area (Å²) < 4.78 is 5.74. The maximum atomic E-state index is 11.9. The molecule has 0 radical (unpaired) electrons. The van der Waals surface area contributed by atoms with Crippen LogP contribution < -0.4 is 15.4 Å². The number of amides is 3. The van der Waals surface area contributed by atoms with Crippen molar-refractivity contribution in [1.29, 1.82) is 0 Å². The molecule has 3 amide bonds. The normalized spacial score (nSPS) is 20.2. The average Bonchev–Trinajstić information content (AvgIpc) is 2.80. The van der Waals surface area contributed by atoms with Crippen molar-refractivity contribution in [2.45, 2.75) is 58.4 Å². The van der Waals surface area contributed by atoms with E-state index in [0.29, 0.717) is 6.61 Å². The first-order valence-electron chi connectivity index (χ1n) is 8.79. The summed E-state index contributed by atoms with van der Waals surface area (Å²) in [5.74, 6) is 1.24. The van der Waals surface area contributed by atoms with Crippen LogP contribution in [0.3, 0.4) is 0 Å². The van der Waals surface area contributed by atoms with Crippen LogP contribution in [0.1, 0.15) is 58.4 Å². The molecule has 24 heavy (non-hydrogen) atoms. The van der Waals surface area contributed by atoms with E-state index in [1.807, 2.05) is 24.3 Å². The lowest BCUT2D eigenvalue weighted by atomic mass is 9.92. The molecule has 1 saturated heterocycles. The highest BCUT2D eigenvalue weighted by atomic mass is 16.5. The van der Waals surface area contributed by atoms with Crippen molar-refractivity contribution in [3.05, 3.63) is 29.8 Å². The molecule has 1 aromatic rings. The molecule has 0 spiro atoms. The summed E-state index contributed by atoms with van der Waals surface area (Å²) in [6, 6.07) is 6.88. The van der Waals surface area contributed by atoms with E-state index in [4.69, 9.17) is 4.74 Å². The van der Waals surface area contributed by atoms with E-state index in [1.54, 1.807) is 6.92 Å². The number of carbonyl (C=O) groups is 2. The third-order valence-corrected chi connectivity index (χ3v) is 4.42. The minimum absolute atomic E-state index is 0.331. The van der Waals surface area contributed by atoms with Crippen LogP contribution in [-0.2, 0) is 10.3 Å². The van der Waals surface area contributed by atoms with Gasteiger partial charge in [-0.2, -0.15) is 0 Å². The van der Waals surface area contributed by atoms with E-state index in [-0.39, 0.29) is 5.91 Å². The Morgan fingerprint density at radius 1 is 1.04 bits per heavy atom. The number of urea groups is 1. The van der Waals surface area contributed by atoms with Gasteiger partial charge in [-0.25, -0.2) is 4.79 Å². The Balaban J connectivity index is 1.75. The number of imide groups is 1. The number of nitrogens with one attached hydrogen (secondary N) is 2. The predicted octanol–water partition coefficient (Wildman–Crippen LogP) is 3.73. The predicted molar refractivity (Wildman–Crippen MR) is 93.9 cm³/mol. The zero-order valence-corrected chi connectivity index (χ0v) is 14.9. The fourth-order valence-corrected chi connectivity index (χ4v) is 2.83. The van der Waals surface area contributed by atoms with Crippen LogP contribution in [0, 0.1) is 5.92 Å². The van der Waals surface area contributed by atoms with Crippen molar-refractivity contribution >= 4 is 11.9 Å².